The Morgan fingerprint density at radius 2 is 1.78 bits per heavy atom. The van der Waals surface area contributed by atoms with E-state index < -0.39 is 0 Å². The first-order chi connectivity index (χ1) is 15.4. The zero-order valence-electron chi connectivity index (χ0n) is 18.6. The monoisotopic (exact) mass is 469 g/mol. The molecule has 168 valence electrons. The second-order valence-electron chi connectivity index (χ2n) is 7.19. The molecule has 2 aromatic rings. The van der Waals surface area contributed by atoms with Crippen molar-refractivity contribution < 1.29 is 19.0 Å². The third-order valence-corrected chi connectivity index (χ3v) is 6.07. The van der Waals surface area contributed by atoms with E-state index in [0.717, 1.165) is 22.4 Å². The van der Waals surface area contributed by atoms with Gasteiger partial charge in [-0.25, -0.2) is 0 Å². The minimum atomic E-state index is -0.109. The molecule has 2 aromatic carbocycles. The van der Waals surface area contributed by atoms with Gasteiger partial charge in [0.25, 0.3) is 5.91 Å². The normalized spacial score (nSPS) is 14.7. The van der Waals surface area contributed by atoms with Gasteiger partial charge in [-0.3, -0.25) is 9.69 Å². The Kier molecular flexibility index (Phi) is 8.36. The largest absolute Gasteiger partial charge is 0.490 e. The molecule has 0 aromatic heterocycles. The number of rotatable bonds is 10. The summed E-state index contributed by atoms with van der Waals surface area (Å²) in [5, 5.41) is 0. The van der Waals surface area contributed by atoms with Crippen LogP contribution >= 0.6 is 24.0 Å². The quantitative estimate of drug-likeness (QED) is 0.197. The number of aryl methyl sites for hydroxylation is 2. The Labute approximate surface area is 199 Å². The van der Waals surface area contributed by atoms with Crippen molar-refractivity contribution in [3.05, 3.63) is 70.6 Å². The molecule has 0 atom stereocenters. The van der Waals surface area contributed by atoms with Crippen molar-refractivity contribution in [2.45, 2.75) is 20.8 Å². The fourth-order valence-electron chi connectivity index (χ4n) is 3.11. The first-order valence-corrected chi connectivity index (χ1v) is 11.6. The third-order valence-electron chi connectivity index (χ3n) is 4.69. The molecule has 0 aliphatic carbocycles. The predicted octanol–water partition coefficient (Wildman–Crippen LogP) is 5.55. The number of benzene rings is 2. The summed E-state index contributed by atoms with van der Waals surface area (Å²) in [5.74, 6) is 2.01. The molecule has 0 bridgehead atoms. The van der Waals surface area contributed by atoms with Crippen LogP contribution in [0.4, 0.5) is 0 Å². The molecule has 0 spiro atoms. The average molecular weight is 470 g/mol. The molecule has 0 N–H and O–H groups in total. The van der Waals surface area contributed by atoms with Crippen LogP contribution in [0.2, 0.25) is 0 Å². The topological polar surface area (TPSA) is 48.0 Å². The highest BCUT2D eigenvalue weighted by Gasteiger charge is 2.31. The maximum Gasteiger partial charge on any atom is 0.266 e. The van der Waals surface area contributed by atoms with E-state index in [-0.39, 0.29) is 5.91 Å². The summed E-state index contributed by atoms with van der Waals surface area (Å²) in [6.45, 7) is 11.4. The van der Waals surface area contributed by atoms with E-state index in [2.05, 4.69) is 12.6 Å². The molecule has 1 aliphatic heterocycles. The molecule has 0 unspecified atom stereocenters. The fraction of sp³-hybridized carbons (Fsp3) is 0.280. The van der Waals surface area contributed by atoms with E-state index in [0.29, 0.717) is 47.1 Å². The van der Waals surface area contributed by atoms with E-state index >= 15 is 0 Å². The molecule has 3 rings (SSSR count). The molecular weight excluding hydrogens is 442 g/mol. The van der Waals surface area contributed by atoms with Crippen LogP contribution in [0.3, 0.4) is 0 Å². The Bertz CT molecular complexity index is 1050. The SMILES string of the molecule is C=CCN1C(=O)/C(=C/c2ccc(OCCOc3cc(C)ccc3C)c(OCC)c2)SC1=S. The lowest BCUT2D eigenvalue weighted by atomic mass is 10.1. The van der Waals surface area contributed by atoms with Crippen LogP contribution in [-0.2, 0) is 4.79 Å². The summed E-state index contributed by atoms with van der Waals surface area (Å²) in [4.78, 5) is 14.7. The Hall–Kier alpha value is -2.77. The lowest BCUT2D eigenvalue weighted by Crippen LogP contribution is -2.27. The molecule has 1 heterocycles. The molecular formula is C25H27NO4S2. The molecule has 1 aliphatic rings. The van der Waals surface area contributed by atoms with Crippen LogP contribution < -0.4 is 14.2 Å². The van der Waals surface area contributed by atoms with Crippen LogP contribution in [-0.4, -0.2) is 41.5 Å². The summed E-state index contributed by atoms with van der Waals surface area (Å²) in [6.07, 6.45) is 3.48. The van der Waals surface area contributed by atoms with Crippen molar-refractivity contribution in [3.8, 4) is 17.2 Å². The number of carbonyl (C=O) groups is 1. The lowest BCUT2D eigenvalue weighted by molar-refractivity contribution is -0.121. The smallest absolute Gasteiger partial charge is 0.266 e. The summed E-state index contributed by atoms with van der Waals surface area (Å²) < 4.78 is 18.1. The molecule has 7 heteroatoms. The van der Waals surface area contributed by atoms with Gasteiger partial charge >= 0.3 is 0 Å². The number of thioether (sulfide) groups is 1. The van der Waals surface area contributed by atoms with Gasteiger partial charge in [-0.15, -0.1) is 6.58 Å². The van der Waals surface area contributed by atoms with E-state index in [1.54, 1.807) is 6.08 Å². The van der Waals surface area contributed by atoms with Gasteiger partial charge in [-0.2, -0.15) is 0 Å². The Balaban J connectivity index is 1.67. The highest BCUT2D eigenvalue weighted by molar-refractivity contribution is 8.26. The van der Waals surface area contributed by atoms with Crippen molar-refractivity contribution in [3.63, 3.8) is 0 Å². The van der Waals surface area contributed by atoms with Gasteiger partial charge < -0.3 is 14.2 Å². The van der Waals surface area contributed by atoms with Crippen LogP contribution in [0, 0.1) is 13.8 Å². The number of thiocarbonyl (C=S) groups is 1. The van der Waals surface area contributed by atoms with E-state index in [4.69, 9.17) is 26.4 Å². The second kappa shape index (κ2) is 11.2. The number of amides is 1. The molecule has 32 heavy (non-hydrogen) atoms. The first-order valence-electron chi connectivity index (χ1n) is 10.4. The molecule has 5 nitrogen and oxygen atoms in total. The van der Waals surface area contributed by atoms with E-state index in [9.17, 15) is 4.79 Å². The first kappa shape index (κ1) is 23.9. The maximum absolute atomic E-state index is 12.6. The second-order valence-corrected chi connectivity index (χ2v) is 8.86. The minimum Gasteiger partial charge on any atom is -0.490 e. The van der Waals surface area contributed by atoms with E-state index in [1.165, 1.54) is 16.7 Å². The fourth-order valence-corrected chi connectivity index (χ4v) is 4.38. The summed E-state index contributed by atoms with van der Waals surface area (Å²) in [6, 6.07) is 11.7. The summed E-state index contributed by atoms with van der Waals surface area (Å²) >= 11 is 6.59. The minimum absolute atomic E-state index is 0.109. The molecule has 0 saturated carbocycles. The zero-order chi connectivity index (χ0) is 23.1. The van der Waals surface area contributed by atoms with Gasteiger partial charge in [-0.05, 0) is 61.7 Å². The zero-order valence-corrected chi connectivity index (χ0v) is 20.2. The molecule has 0 radical (unpaired) electrons. The van der Waals surface area contributed by atoms with Crippen LogP contribution in [0.15, 0.2) is 54.0 Å². The van der Waals surface area contributed by atoms with Gasteiger partial charge in [0.15, 0.2) is 11.5 Å². The number of carbonyl (C=O) groups excluding carboxylic acids is 1. The van der Waals surface area contributed by atoms with Crippen molar-refractivity contribution in [2.24, 2.45) is 0 Å². The van der Waals surface area contributed by atoms with Crippen LogP contribution in [0.25, 0.3) is 6.08 Å². The van der Waals surface area contributed by atoms with Gasteiger partial charge in [-0.1, -0.05) is 48.3 Å². The maximum atomic E-state index is 12.6. The van der Waals surface area contributed by atoms with E-state index in [1.807, 2.05) is 57.2 Å². The van der Waals surface area contributed by atoms with Gasteiger partial charge in [0.1, 0.15) is 23.3 Å². The summed E-state index contributed by atoms with van der Waals surface area (Å²) in [7, 11) is 0. The van der Waals surface area contributed by atoms with Gasteiger partial charge in [0.2, 0.25) is 0 Å². The number of hydrogen-bond acceptors (Lipinski definition) is 6. The molecule has 1 saturated heterocycles. The average Bonchev–Trinajstić information content (AvgIpc) is 3.02. The third kappa shape index (κ3) is 5.93. The van der Waals surface area contributed by atoms with Gasteiger partial charge in [0, 0.05) is 6.54 Å². The Morgan fingerprint density at radius 1 is 1.03 bits per heavy atom. The van der Waals surface area contributed by atoms with Crippen molar-refractivity contribution in [1.29, 1.82) is 0 Å². The highest BCUT2D eigenvalue weighted by Crippen LogP contribution is 2.35. The Morgan fingerprint density at radius 3 is 2.50 bits per heavy atom. The van der Waals surface area contributed by atoms with Crippen LogP contribution in [0.1, 0.15) is 23.6 Å². The molecule has 1 amide bonds. The molecule has 1 fully saturated rings. The predicted molar refractivity (Wildman–Crippen MR) is 135 cm³/mol. The number of ether oxygens (including phenoxy) is 3. The number of hydrogen-bond donors (Lipinski definition) is 0. The van der Waals surface area contributed by atoms with Gasteiger partial charge in [0.05, 0.1) is 11.5 Å². The lowest BCUT2D eigenvalue weighted by Gasteiger charge is -2.14. The summed E-state index contributed by atoms with van der Waals surface area (Å²) in [5.41, 5.74) is 3.09. The standard InChI is InChI=1S/C25H27NO4S2/c1-5-11-26-24(27)23(32-25(26)31)16-19-9-10-20(22(15-19)28-6-2)29-12-13-30-21-14-17(3)7-8-18(21)4/h5,7-10,14-16H,1,6,11-13H2,2-4H3/b23-16-. The number of nitrogens with zero attached hydrogens (tertiary/aromatic N) is 1. The van der Waals surface area contributed by atoms with Crippen LogP contribution in [0.5, 0.6) is 17.2 Å². The van der Waals surface area contributed by atoms with Crippen molar-refractivity contribution in [2.75, 3.05) is 26.4 Å². The van der Waals surface area contributed by atoms with Crippen molar-refractivity contribution >= 4 is 40.3 Å². The highest BCUT2D eigenvalue weighted by atomic mass is 32.2. The van der Waals surface area contributed by atoms with Crippen molar-refractivity contribution in [1.82, 2.24) is 4.90 Å².